The molecule has 0 amide bonds. The highest BCUT2D eigenvalue weighted by Crippen LogP contribution is 2.44. The van der Waals surface area contributed by atoms with Gasteiger partial charge < -0.3 is 15.3 Å². The van der Waals surface area contributed by atoms with E-state index in [0.717, 1.165) is 72.2 Å². The summed E-state index contributed by atoms with van der Waals surface area (Å²) in [5.41, 5.74) is 2.45. The van der Waals surface area contributed by atoms with Crippen molar-refractivity contribution in [1.29, 1.82) is 0 Å². The first-order valence-electron chi connectivity index (χ1n) is 17.0. The topological polar surface area (TPSA) is 67.2 Å². The number of nitrogens with zero attached hydrogens (tertiary/aromatic N) is 2. The van der Waals surface area contributed by atoms with Crippen LogP contribution in [0.4, 0.5) is 0 Å². The van der Waals surface area contributed by atoms with E-state index in [1.54, 1.807) is 0 Å². The van der Waals surface area contributed by atoms with Crippen LogP contribution in [0.25, 0.3) is 0 Å². The summed E-state index contributed by atoms with van der Waals surface area (Å²) in [5.74, 6) is 0.224. The molecule has 5 aromatic rings. The highest BCUT2D eigenvalue weighted by atomic mass is 35.5. The molecule has 0 saturated carbocycles. The van der Waals surface area contributed by atoms with Crippen LogP contribution in [0.5, 0.6) is 5.75 Å². The summed E-state index contributed by atoms with van der Waals surface area (Å²) < 4.78 is 0. The van der Waals surface area contributed by atoms with Gasteiger partial charge in [-0.1, -0.05) is 133 Å². The Morgan fingerprint density at radius 1 is 0.542 bits per heavy atom. The Labute approximate surface area is 288 Å². The van der Waals surface area contributed by atoms with Crippen LogP contribution < -0.4 is 0 Å². The van der Waals surface area contributed by atoms with Gasteiger partial charge in [0, 0.05) is 41.3 Å². The molecule has 5 aromatic carbocycles. The standard InChI is InChI=1S/C42H43ClN2O3/c43-37-27-31(29-44-25-13-23-38(44)41(47,33-15-5-1-6-16-33)34-17-7-2-8-18-34)40(46)32(28-37)30-45-26-14-24-39(45)42(48,35-19-9-3-10-20-35)36-21-11-4-12-22-36/h1-12,15-22,27-28,38-39,46-48H,13-14,23-26,29-30H2/t38-,39-/m1/s1. The Bertz CT molecular complexity index is 1590. The lowest BCUT2D eigenvalue weighted by molar-refractivity contribution is -0.00733. The predicted molar refractivity (Wildman–Crippen MR) is 192 cm³/mol. The molecular formula is C42H43ClN2O3. The maximum atomic E-state index is 12.6. The normalized spacial score (nSPS) is 19.1. The van der Waals surface area contributed by atoms with Gasteiger partial charge in [-0.2, -0.15) is 0 Å². The van der Waals surface area contributed by atoms with Crippen molar-refractivity contribution in [3.05, 3.63) is 172 Å². The average Bonchev–Trinajstić information content (AvgIpc) is 3.81. The number of phenols is 1. The maximum Gasteiger partial charge on any atom is 0.130 e. The second-order valence-corrected chi connectivity index (χ2v) is 13.8. The smallest absolute Gasteiger partial charge is 0.130 e. The zero-order chi connectivity index (χ0) is 33.1. The third-order valence-electron chi connectivity index (χ3n) is 10.5. The molecule has 0 spiro atoms. The summed E-state index contributed by atoms with van der Waals surface area (Å²) in [6, 6.07) is 42.9. The van der Waals surface area contributed by atoms with Crippen molar-refractivity contribution in [3.8, 4) is 5.75 Å². The first kappa shape index (κ1) is 32.6. The van der Waals surface area contributed by atoms with Gasteiger partial charge in [-0.3, -0.25) is 9.80 Å². The third-order valence-corrected chi connectivity index (χ3v) is 10.7. The fourth-order valence-corrected chi connectivity index (χ4v) is 8.51. The SMILES string of the molecule is Oc1c(CN2CCC[C@@H]2C(O)(c2ccccc2)c2ccccc2)cc(Cl)cc1CN1CCC[C@@H]1C(O)(c1ccccc1)c1ccccc1. The Morgan fingerprint density at radius 3 is 1.17 bits per heavy atom. The second kappa shape index (κ2) is 13.9. The highest BCUT2D eigenvalue weighted by Gasteiger charge is 2.47. The molecule has 0 radical (unpaired) electrons. The molecule has 2 saturated heterocycles. The Balaban J connectivity index is 1.19. The van der Waals surface area contributed by atoms with Crippen molar-refractivity contribution < 1.29 is 15.3 Å². The quantitative estimate of drug-likeness (QED) is 0.143. The van der Waals surface area contributed by atoms with Crippen molar-refractivity contribution in [2.45, 2.75) is 62.1 Å². The zero-order valence-electron chi connectivity index (χ0n) is 27.1. The van der Waals surface area contributed by atoms with Gasteiger partial charge in [-0.05, 0) is 73.2 Å². The minimum absolute atomic E-state index is 0.196. The van der Waals surface area contributed by atoms with Gasteiger partial charge in [0.25, 0.3) is 0 Å². The summed E-state index contributed by atoms with van der Waals surface area (Å²) >= 11 is 6.78. The lowest BCUT2D eigenvalue weighted by Gasteiger charge is -2.41. The van der Waals surface area contributed by atoms with Crippen LogP contribution in [0.2, 0.25) is 5.02 Å². The summed E-state index contributed by atoms with van der Waals surface area (Å²) in [6.07, 6.45) is 3.52. The van der Waals surface area contributed by atoms with Crippen LogP contribution in [0, 0.1) is 0 Å². The molecule has 2 aliphatic rings. The van der Waals surface area contributed by atoms with Crippen LogP contribution in [-0.4, -0.2) is 50.3 Å². The summed E-state index contributed by atoms with van der Waals surface area (Å²) in [4.78, 5) is 4.58. The molecule has 6 heteroatoms. The number of likely N-dealkylation sites (tertiary alicyclic amines) is 2. The number of hydrogen-bond donors (Lipinski definition) is 3. The van der Waals surface area contributed by atoms with Crippen molar-refractivity contribution in [1.82, 2.24) is 9.80 Å². The fraction of sp³-hybridized carbons (Fsp3) is 0.286. The third kappa shape index (κ3) is 6.06. The number of aromatic hydroxyl groups is 1. The van der Waals surface area contributed by atoms with E-state index in [0.29, 0.717) is 18.1 Å². The molecule has 2 heterocycles. The van der Waals surface area contributed by atoms with E-state index in [1.807, 2.05) is 133 Å². The van der Waals surface area contributed by atoms with E-state index in [-0.39, 0.29) is 17.8 Å². The molecule has 2 aliphatic heterocycles. The van der Waals surface area contributed by atoms with Crippen LogP contribution in [0.3, 0.4) is 0 Å². The molecule has 3 N–H and O–H groups in total. The van der Waals surface area contributed by atoms with E-state index >= 15 is 0 Å². The predicted octanol–water partition coefficient (Wildman–Crippen LogP) is 7.85. The van der Waals surface area contributed by atoms with Crippen molar-refractivity contribution in [2.24, 2.45) is 0 Å². The minimum atomic E-state index is -1.22. The fourth-order valence-electron chi connectivity index (χ4n) is 8.25. The van der Waals surface area contributed by atoms with Gasteiger partial charge in [0.2, 0.25) is 0 Å². The summed E-state index contributed by atoms with van der Waals surface area (Å²) in [5, 5.41) is 37.6. The molecule has 2 atom stereocenters. The minimum Gasteiger partial charge on any atom is -0.507 e. The zero-order valence-corrected chi connectivity index (χ0v) is 27.9. The Kier molecular flexibility index (Phi) is 9.41. The van der Waals surface area contributed by atoms with Gasteiger partial charge in [-0.25, -0.2) is 0 Å². The summed E-state index contributed by atoms with van der Waals surface area (Å²) in [7, 11) is 0. The molecule has 2 fully saturated rings. The van der Waals surface area contributed by atoms with Crippen molar-refractivity contribution >= 4 is 11.6 Å². The molecule has 246 valence electrons. The molecule has 0 aliphatic carbocycles. The van der Waals surface area contributed by atoms with E-state index < -0.39 is 11.2 Å². The van der Waals surface area contributed by atoms with Gasteiger partial charge in [-0.15, -0.1) is 0 Å². The van der Waals surface area contributed by atoms with Crippen LogP contribution in [0.1, 0.15) is 59.1 Å². The molecule has 5 nitrogen and oxygen atoms in total. The number of aliphatic hydroxyl groups is 2. The van der Waals surface area contributed by atoms with E-state index in [2.05, 4.69) is 9.80 Å². The number of rotatable bonds is 10. The van der Waals surface area contributed by atoms with E-state index in [4.69, 9.17) is 11.6 Å². The van der Waals surface area contributed by atoms with E-state index in [1.165, 1.54) is 0 Å². The second-order valence-electron chi connectivity index (χ2n) is 13.3. The van der Waals surface area contributed by atoms with Crippen LogP contribution in [-0.2, 0) is 24.3 Å². The van der Waals surface area contributed by atoms with Gasteiger partial charge in [0.05, 0.1) is 0 Å². The number of halogens is 1. The average molecular weight is 659 g/mol. The molecule has 7 rings (SSSR count). The molecule has 0 bridgehead atoms. The maximum absolute atomic E-state index is 12.6. The van der Waals surface area contributed by atoms with E-state index in [9.17, 15) is 15.3 Å². The monoisotopic (exact) mass is 658 g/mol. The van der Waals surface area contributed by atoms with Gasteiger partial charge in [0.15, 0.2) is 0 Å². The molecule has 0 aromatic heterocycles. The first-order valence-corrected chi connectivity index (χ1v) is 17.4. The van der Waals surface area contributed by atoms with Gasteiger partial charge >= 0.3 is 0 Å². The molecule has 0 unspecified atom stereocenters. The highest BCUT2D eigenvalue weighted by molar-refractivity contribution is 6.30. The van der Waals surface area contributed by atoms with Crippen LogP contribution in [0.15, 0.2) is 133 Å². The number of phenolic OH excluding ortho intramolecular Hbond substituents is 1. The van der Waals surface area contributed by atoms with Crippen LogP contribution >= 0.6 is 11.6 Å². The Morgan fingerprint density at radius 2 is 0.854 bits per heavy atom. The van der Waals surface area contributed by atoms with Crippen molar-refractivity contribution in [2.75, 3.05) is 13.1 Å². The Hall–Kier alpha value is -3.97. The first-order chi connectivity index (χ1) is 23.4. The number of hydrogen-bond acceptors (Lipinski definition) is 5. The summed E-state index contributed by atoms with van der Waals surface area (Å²) in [6.45, 7) is 2.49. The largest absolute Gasteiger partial charge is 0.507 e. The lowest BCUT2D eigenvalue weighted by atomic mass is 9.79. The van der Waals surface area contributed by atoms with Gasteiger partial charge in [0.1, 0.15) is 17.0 Å². The lowest BCUT2D eigenvalue weighted by Crippen LogP contribution is -2.48. The molecule has 48 heavy (non-hydrogen) atoms. The molecular weight excluding hydrogens is 616 g/mol. The van der Waals surface area contributed by atoms with Crippen molar-refractivity contribution in [3.63, 3.8) is 0 Å². The number of benzene rings is 5.